The van der Waals surface area contributed by atoms with E-state index in [1.54, 1.807) is 7.11 Å². The Morgan fingerprint density at radius 2 is 1.79 bits per heavy atom. The van der Waals surface area contributed by atoms with Crippen molar-refractivity contribution >= 4 is 17.6 Å². The molecule has 0 bridgehead atoms. The van der Waals surface area contributed by atoms with Gasteiger partial charge in [0.25, 0.3) is 5.91 Å². The normalized spacial score (nSPS) is 18.7. The number of ether oxygens (including phenoxy) is 2. The first kappa shape index (κ1) is 19.2. The van der Waals surface area contributed by atoms with E-state index in [0.29, 0.717) is 6.42 Å². The zero-order valence-electron chi connectivity index (χ0n) is 16.4. The summed E-state index contributed by atoms with van der Waals surface area (Å²) >= 11 is 0. The molecule has 0 radical (unpaired) electrons. The van der Waals surface area contributed by atoms with E-state index in [-0.39, 0.29) is 30.4 Å². The number of benzene rings is 2. The van der Waals surface area contributed by atoms with Crippen molar-refractivity contribution in [2.45, 2.75) is 31.7 Å². The molecule has 2 aromatic carbocycles. The minimum Gasteiger partial charge on any atom is -0.497 e. The summed E-state index contributed by atoms with van der Waals surface area (Å²) in [5.74, 6) is 0.104. The van der Waals surface area contributed by atoms with E-state index in [1.165, 1.54) is 5.01 Å². The molecule has 1 aliphatic carbocycles. The van der Waals surface area contributed by atoms with E-state index >= 15 is 0 Å². The second-order valence-electron chi connectivity index (χ2n) is 7.38. The van der Waals surface area contributed by atoms with Crippen molar-refractivity contribution in [3.05, 3.63) is 65.7 Å². The number of methoxy groups -OCH3 is 1. The van der Waals surface area contributed by atoms with Gasteiger partial charge in [0.2, 0.25) is 0 Å². The van der Waals surface area contributed by atoms with Gasteiger partial charge in [-0.25, -0.2) is 5.01 Å². The average Bonchev–Trinajstić information content (AvgIpc) is 3.17. The minimum atomic E-state index is -0.315. The van der Waals surface area contributed by atoms with Crippen molar-refractivity contribution in [2.75, 3.05) is 13.7 Å². The van der Waals surface area contributed by atoms with Crippen LogP contribution in [0, 0.1) is 5.92 Å². The van der Waals surface area contributed by atoms with Gasteiger partial charge in [0.05, 0.1) is 24.8 Å². The fourth-order valence-electron chi connectivity index (χ4n) is 3.59. The Bertz CT molecular complexity index is 904. The first-order chi connectivity index (χ1) is 14.2. The highest BCUT2D eigenvalue weighted by atomic mass is 16.5. The van der Waals surface area contributed by atoms with Crippen molar-refractivity contribution < 1.29 is 19.1 Å². The van der Waals surface area contributed by atoms with E-state index in [4.69, 9.17) is 9.47 Å². The predicted octanol–water partition coefficient (Wildman–Crippen LogP) is 3.72. The molecule has 2 aromatic rings. The second-order valence-corrected chi connectivity index (χ2v) is 7.38. The third-order valence-corrected chi connectivity index (χ3v) is 5.55. The van der Waals surface area contributed by atoms with Gasteiger partial charge in [0, 0.05) is 6.42 Å². The molecule has 4 rings (SSSR count). The molecular weight excluding hydrogens is 368 g/mol. The van der Waals surface area contributed by atoms with Gasteiger partial charge in [0.1, 0.15) is 5.75 Å². The smallest absolute Gasteiger partial charge is 0.309 e. The Kier molecular flexibility index (Phi) is 5.60. The molecule has 1 amide bonds. The summed E-state index contributed by atoms with van der Waals surface area (Å²) in [6, 6.07) is 17.2. The summed E-state index contributed by atoms with van der Waals surface area (Å²) in [4.78, 5) is 24.9. The molecule has 0 saturated heterocycles. The van der Waals surface area contributed by atoms with Crippen LogP contribution in [0.5, 0.6) is 5.75 Å². The van der Waals surface area contributed by atoms with Crippen LogP contribution in [0.4, 0.5) is 0 Å². The van der Waals surface area contributed by atoms with Gasteiger partial charge in [-0.05, 0) is 36.1 Å². The monoisotopic (exact) mass is 392 g/mol. The summed E-state index contributed by atoms with van der Waals surface area (Å²) in [5.41, 5.74) is 2.78. The number of carbonyl (C=O) groups excluding carboxylic acids is 2. The van der Waals surface area contributed by atoms with E-state index in [1.807, 2.05) is 54.6 Å². The molecule has 0 N–H and O–H groups in total. The number of amides is 1. The SMILES string of the molecule is COc1ccc([C@H]2CC(c3ccccc3)=NN2C(=O)COC(=O)C2CCC2)cc1. The van der Waals surface area contributed by atoms with Crippen LogP contribution in [-0.4, -0.2) is 36.3 Å². The van der Waals surface area contributed by atoms with Gasteiger partial charge in [-0.15, -0.1) is 0 Å². The predicted molar refractivity (Wildman–Crippen MR) is 108 cm³/mol. The van der Waals surface area contributed by atoms with Crippen molar-refractivity contribution in [1.82, 2.24) is 5.01 Å². The highest BCUT2D eigenvalue weighted by Crippen LogP contribution is 2.34. The second kappa shape index (κ2) is 8.47. The Balaban J connectivity index is 1.53. The Hall–Kier alpha value is -3.15. The number of esters is 1. The van der Waals surface area contributed by atoms with Crippen molar-refractivity contribution in [2.24, 2.45) is 11.0 Å². The lowest BCUT2D eigenvalue weighted by Gasteiger charge is -2.25. The lowest BCUT2D eigenvalue weighted by Crippen LogP contribution is -2.33. The third-order valence-electron chi connectivity index (χ3n) is 5.55. The highest BCUT2D eigenvalue weighted by Gasteiger charge is 2.34. The Morgan fingerprint density at radius 3 is 2.41 bits per heavy atom. The molecule has 1 atom stereocenters. The number of hydrazone groups is 1. The maximum atomic E-state index is 12.9. The summed E-state index contributed by atoms with van der Waals surface area (Å²) in [7, 11) is 1.62. The number of nitrogens with zero attached hydrogens (tertiary/aromatic N) is 2. The maximum Gasteiger partial charge on any atom is 0.309 e. The molecular formula is C23H24N2O4. The summed E-state index contributed by atoms with van der Waals surface area (Å²) in [5, 5.41) is 6.05. The molecule has 2 aliphatic rings. The van der Waals surface area contributed by atoms with Gasteiger partial charge in [0.15, 0.2) is 6.61 Å². The lowest BCUT2D eigenvalue weighted by atomic mass is 9.86. The minimum absolute atomic E-state index is 0.0536. The van der Waals surface area contributed by atoms with Gasteiger partial charge in [-0.1, -0.05) is 48.9 Å². The van der Waals surface area contributed by atoms with E-state index in [9.17, 15) is 9.59 Å². The Morgan fingerprint density at radius 1 is 1.07 bits per heavy atom. The highest BCUT2D eigenvalue weighted by molar-refractivity contribution is 6.03. The zero-order chi connectivity index (χ0) is 20.2. The van der Waals surface area contributed by atoms with Crippen LogP contribution < -0.4 is 4.74 Å². The molecule has 6 heteroatoms. The number of rotatable bonds is 6. The van der Waals surface area contributed by atoms with Gasteiger partial charge in [-0.2, -0.15) is 5.10 Å². The lowest BCUT2D eigenvalue weighted by molar-refractivity contribution is -0.158. The van der Waals surface area contributed by atoms with Gasteiger partial charge in [-0.3, -0.25) is 9.59 Å². The van der Waals surface area contributed by atoms with Crippen LogP contribution in [0.2, 0.25) is 0 Å². The fraction of sp³-hybridized carbons (Fsp3) is 0.348. The third kappa shape index (κ3) is 4.16. The van der Waals surface area contributed by atoms with Crippen molar-refractivity contribution in [1.29, 1.82) is 0 Å². The summed E-state index contributed by atoms with van der Waals surface area (Å²) < 4.78 is 10.5. The van der Waals surface area contributed by atoms with Crippen LogP contribution in [0.25, 0.3) is 0 Å². The first-order valence-corrected chi connectivity index (χ1v) is 9.91. The topological polar surface area (TPSA) is 68.2 Å². The molecule has 0 aromatic heterocycles. The number of carbonyl (C=O) groups is 2. The molecule has 1 saturated carbocycles. The molecule has 29 heavy (non-hydrogen) atoms. The van der Waals surface area contributed by atoms with E-state index < -0.39 is 0 Å². The molecule has 6 nitrogen and oxygen atoms in total. The fourth-order valence-corrected chi connectivity index (χ4v) is 3.59. The number of hydrogen-bond donors (Lipinski definition) is 0. The largest absolute Gasteiger partial charge is 0.497 e. The summed E-state index contributed by atoms with van der Waals surface area (Å²) in [6.45, 7) is -0.284. The van der Waals surface area contributed by atoms with Crippen LogP contribution in [0.1, 0.15) is 42.9 Å². The average molecular weight is 392 g/mol. The van der Waals surface area contributed by atoms with Crippen LogP contribution in [-0.2, 0) is 14.3 Å². The van der Waals surface area contributed by atoms with Crippen molar-refractivity contribution in [3.8, 4) is 5.75 Å². The van der Waals surface area contributed by atoms with Crippen LogP contribution >= 0.6 is 0 Å². The Labute approximate surface area is 170 Å². The van der Waals surface area contributed by atoms with Gasteiger partial charge < -0.3 is 9.47 Å². The maximum absolute atomic E-state index is 12.9. The van der Waals surface area contributed by atoms with Crippen LogP contribution in [0.3, 0.4) is 0 Å². The molecule has 0 unspecified atom stereocenters. The molecule has 1 heterocycles. The van der Waals surface area contributed by atoms with Crippen LogP contribution in [0.15, 0.2) is 59.7 Å². The molecule has 1 fully saturated rings. The molecule has 150 valence electrons. The molecule has 1 aliphatic heterocycles. The first-order valence-electron chi connectivity index (χ1n) is 9.91. The quantitative estimate of drug-likeness (QED) is 0.703. The molecule has 0 spiro atoms. The van der Waals surface area contributed by atoms with E-state index in [2.05, 4.69) is 5.10 Å². The standard InChI is InChI=1S/C23H24N2O4/c1-28-19-12-10-17(11-13-19)21-14-20(16-6-3-2-4-7-16)24-25(21)22(26)15-29-23(27)18-8-5-9-18/h2-4,6-7,10-13,18,21H,5,8-9,14-15H2,1H3/t21-/m1/s1. The van der Waals surface area contributed by atoms with Gasteiger partial charge >= 0.3 is 5.97 Å². The van der Waals surface area contributed by atoms with Crippen molar-refractivity contribution in [3.63, 3.8) is 0 Å². The van der Waals surface area contributed by atoms with E-state index in [0.717, 1.165) is 41.9 Å². The number of hydrogen-bond acceptors (Lipinski definition) is 5. The zero-order valence-corrected chi connectivity index (χ0v) is 16.4. The summed E-state index contributed by atoms with van der Waals surface area (Å²) in [6.07, 6.45) is 3.34.